The highest BCUT2D eigenvalue weighted by Crippen LogP contribution is 2.42. The Morgan fingerprint density at radius 3 is 2.95 bits per heavy atom. The van der Waals surface area contributed by atoms with Crippen molar-refractivity contribution in [1.82, 2.24) is 0 Å². The third kappa shape index (κ3) is 2.16. The molecule has 22 heavy (non-hydrogen) atoms. The molecule has 2 aromatic rings. The van der Waals surface area contributed by atoms with Gasteiger partial charge < -0.3 is 14.2 Å². The summed E-state index contributed by atoms with van der Waals surface area (Å²) in [5.74, 6) is -0.139. The molecule has 3 heterocycles. The maximum atomic E-state index is 12.2. The Hall–Kier alpha value is -2.34. The number of carbonyl (C=O) groups excluding carboxylic acids is 2. The summed E-state index contributed by atoms with van der Waals surface area (Å²) < 4.78 is 15.7. The number of ether oxygens (including phenoxy) is 3. The third-order valence-electron chi connectivity index (χ3n) is 3.66. The van der Waals surface area contributed by atoms with Gasteiger partial charge in [0.05, 0.1) is 6.61 Å². The van der Waals surface area contributed by atoms with Crippen LogP contribution in [0.15, 0.2) is 30.3 Å². The minimum Gasteiger partial charge on any atom is -0.488 e. The maximum Gasteiger partial charge on any atom is 0.349 e. The third-order valence-corrected chi connectivity index (χ3v) is 4.85. The van der Waals surface area contributed by atoms with Crippen molar-refractivity contribution in [1.29, 1.82) is 0 Å². The Labute approximate surface area is 130 Å². The van der Waals surface area contributed by atoms with Gasteiger partial charge in [-0.2, -0.15) is 0 Å². The minimum absolute atomic E-state index is 0.304. The van der Waals surface area contributed by atoms with Gasteiger partial charge in [-0.1, -0.05) is 12.1 Å². The van der Waals surface area contributed by atoms with E-state index in [0.717, 1.165) is 21.8 Å². The number of cyclic esters (lactones) is 1. The first-order valence-corrected chi connectivity index (χ1v) is 7.76. The van der Waals surface area contributed by atoms with Crippen LogP contribution in [0.3, 0.4) is 0 Å². The van der Waals surface area contributed by atoms with Gasteiger partial charge in [-0.25, -0.2) is 9.59 Å². The van der Waals surface area contributed by atoms with Crippen molar-refractivity contribution in [2.45, 2.75) is 19.1 Å². The van der Waals surface area contributed by atoms with Crippen molar-refractivity contribution in [3.63, 3.8) is 0 Å². The molecule has 1 atom stereocenters. The monoisotopic (exact) mass is 316 g/mol. The number of hydrogen-bond donors (Lipinski definition) is 0. The van der Waals surface area contributed by atoms with Crippen molar-refractivity contribution in [3.05, 3.63) is 40.8 Å². The van der Waals surface area contributed by atoms with Crippen LogP contribution in [-0.4, -0.2) is 24.6 Å². The second-order valence-corrected chi connectivity index (χ2v) is 6.15. The van der Waals surface area contributed by atoms with Gasteiger partial charge in [-0.3, -0.25) is 0 Å². The van der Waals surface area contributed by atoms with Gasteiger partial charge in [-0.05, 0) is 18.2 Å². The summed E-state index contributed by atoms with van der Waals surface area (Å²) >= 11 is 1.36. The van der Waals surface area contributed by atoms with Gasteiger partial charge in [0.15, 0.2) is 0 Å². The number of thiophene rings is 1. The molecule has 1 saturated heterocycles. The van der Waals surface area contributed by atoms with Gasteiger partial charge >= 0.3 is 11.9 Å². The molecule has 1 aromatic carbocycles. The lowest BCUT2D eigenvalue weighted by atomic mass is 10.1. The molecule has 0 saturated carbocycles. The van der Waals surface area contributed by atoms with Crippen molar-refractivity contribution >= 4 is 23.3 Å². The summed E-state index contributed by atoms with van der Waals surface area (Å²) in [4.78, 5) is 25.1. The number of benzene rings is 1. The molecule has 0 unspecified atom stereocenters. The van der Waals surface area contributed by atoms with Crippen molar-refractivity contribution in [2.75, 3.05) is 6.61 Å². The number of fused-ring (bicyclic) bond motifs is 3. The summed E-state index contributed by atoms with van der Waals surface area (Å²) in [5, 5.41) is 0. The molecule has 6 heteroatoms. The molecule has 2 aliphatic rings. The molecule has 0 spiro atoms. The smallest absolute Gasteiger partial charge is 0.349 e. The predicted molar refractivity (Wildman–Crippen MR) is 78.9 cm³/mol. The number of carbonyl (C=O) groups is 2. The van der Waals surface area contributed by atoms with E-state index in [4.69, 9.17) is 14.2 Å². The van der Waals surface area contributed by atoms with Crippen LogP contribution >= 0.6 is 11.3 Å². The normalized spacial score (nSPS) is 18.9. The summed E-state index contributed by atoms with van der Waals surface area (Å²) in [6.07, 6.45) is -0.364. The summed E-state index contributed by atoms with van der Waals surface area (Å²) in [5.41, 5.74) is 1.94. The lowest BCUT2D eigenvalue weighted by Gasteiger charge is -2.16. The topological polar surface area (TPSA) is 61.8 Å². The highest BCUT2D eigenvalue weighted by molar-refractivity contribution is 7.17. The molecule has 2 aliphatic heterocycles. The summed E-state index contributed by atoms with van der Waals surface area (Å²) in [7, 11) is 0. The van der Waals surface area contributed by atoms with Crippen LogP contribution in [0.4, 0.5) is 0 Å². The van der Waals surface area contributed by atoms with E-state index in [1.165, 1.54) is 11.3 Å². The van der Waals surface area contributed by atoms with Crippen molar-refractivity contribution in [3.8, 4) is 16.2 Å². The average Bonchev–Trinajstić information content (AvgIpc) is 3.14. The largest absolute Gasteiger partial charge is 0.488 e. The number of rotatable bonds is 2. The summed E-state index contributed by atoms with van der Waals surface area (Å²) in [6.45, 7) is 0.737. The number of para-hydroxylation sites is 1. The van der Waals surface area contributed by atoms with Crippen molar-refractivity contribution < 1.29 is 23.8 Å². The van der Waals surface area contributed by atoms with E-state index in [9.17, 15) is 9.59 Å². The maximum absolute atomic E-state index is 12.2. The van der Waals surface area contributed by atoms with E-state index < -0.39 is 18.0 Å². The van der Waals surface area contributed by atoms with Crippen LogP contribution in [0.25, 0.3) is 10.4 Å². The molecular weight excluding hydrogens is 304 g/mol. The minimum atomic E-state index is -0.782. The molecule has 0 amide bonds. The van der Waals surface area contributed by atoms with E-state index in [1.54, 1.807) is 6.07 Å². The first-order valence-electron chi connectivity index (χ1n) is 6.95. The summed E-state index contributed by atoms with van der Waals surface area (Å²) in [6, 6.07) is 9.50. The second kappa shape index (κ2) is 5.14. The van der Waals surface area contributed by atoms with Crippen LogP contribution in [0.5, 0.6) is 5.75 Å². The van der Waals surface area contributed by atoms with Crippen molar-refractivity contribution in [2.24, 2.45) is 0 Å². The zero-order chi connectivity index (χ0) is 15.1. The zero-order valence-electron chi connectivity index (χ0n) is 11.5. The molecule has 0 N–H and O–H groups in total. The van der Waals surface area contributed by atoms with Crippen LogP contribution in [0.1, 0.15) is 21.7 Å². The lowest BCUT2D eigenvalue weighted by Crippen LogP contribution is -2.22. The Balaban J connectivity index is 1.62. The molecule has 0 aliphatic carbocycles. The molecule has 1 fully saturated rings. The quantitative estimate of drug-likeness (QED) is 0.797. The number of hydrogen-bond acceptors (Lipinski definition) is 6. The highest BCUT2D eigenvalue weighted by atomic mass is 32.1. The Morgan fingerprint density at radius 2 is 2.14 bits per heavy atom. The van der Waals surface area contributed by atoms with Crippen LogP contribution < -0.4 is 4.74 Å². The SMILES string of the molecule is O=C(O[C@@H]1CCOC1=O)c1cc2c(s1)-c1ccccc1OC2. The molecule has 5 nitrogen and oxygen atoms in total. The highest BCUT2D eigenvalue weighted by Gasteiger charge is 2.31. The van der Waals surface area contributed by atoms with Gasteiger partial charge in [0.2, 0.25) is 6.10 Å². The molecule has 112 valence electrons. The molecular formula is C16H12O5S. The van der Waals surface area contributed by atoms with E-state index in [-0.39, 0.29) is 0 Å². The average molecular weight is 316 g/mol. The van der Waals surface area contributed by atoms with E-state index in [1.807, 2.05) is 24.3 Å². The molecule has 1 aromatic heterocycles. The van der Waals surface area contributed by atoms with E-state index >= 15 is 0 Å². The fourth-order valence-electron chi connectivity index (χ4n) is 2.57. The van der Waals surface area contributed by atoms with Gasteiger partial charge in [0.1, 0.15) is 17.2 Å². The lowest BCUT2D eigenvalue weighted by molar-refractivity contribution is -0.145. The van der Waals surface area contributed by atoms with Crippen LogP contribution in [0.2, 0.25) is 0 Å². The van der Waals surface area contributed by atoms with E-state index in [0.29, 0.717) is 24.5 Å². The first-order chi connectivity index (χ1) is 10.7. The fraction of sp³-hybridized carbons (Fsp3) is 0.250. The van der Waals surface area contributed by atoms with Gasteiger partial charge in [0, 0.05) is 22.4 Å². The van der Waals surface area contributed by atoms with Crippen LogP contribution in [-0.2, 0) is 20.9 Å². The predicted octanol–water partition coefficient (Wildman–Crippen LogP) is 2.78. The number of esters is 2. The Bertz CT molecular complexity index is 764. The van der Waals surface area contributed by atoms with Gasteiger partial charge in [0.25, 0.3) is 0 Å². The Morgan fingerprint density at radius 1 is 1.27 bits per heavy atom. The Kier molecular flexibility index (Phi) is 3.11. The fourth-order valence-corrected chi connectivity index (χ4v) is 3.65. The van der Waals surface area contributed by atoms with Crippen LogP contribution in [0, 0.1) is 0 Å². The molecule has 0 radical (unpaired) electrons. The second-order valence-electron chi connectivity index (χ2n) is 5.10. The van der Waals surface area contributed by atoms with Gasteiger partial charge in [-0.15, -0.1) is 11.3 Å². The zero-order valence-corrected chi connectivity index (χ0v) is 12.4. The van der Waals surface area contributed by atoms with E-state index in [2.05, 4.69) is 0 Å². The first kappa shape index (κ1) is 13.3. The standard InChI is InChI=1S/C16H12O5S/c17-15-12(5-6-19-15)21-16(18)13-7-9-8-20-11-4-2-1-3-10(11)14(9)22-13/h1-4,7,12H,5-6,8H2/t12-/m1/s1. The molecule has 4 rings (SSSR count). The molecule has 0 bridgehead atoms.